The van der Waals surface area contributed by atoms with Gasteiger partial charge in [-0.05, 0) is 31.4 Å². The van der Waals surface area contributed by atoms with Crippen LogP contribution in [0.3, 0.4) is 0 Å². The van der Waals surface area contributed by atoms with Gasteiger partial charge in [0.25, 0.3) is 5.91 Å². The fourth-order valence-corrected chi connectivity index (χ4v) is 4.16. The van der Waals surface area contributed by atoms with Crippen molar-refractivity contribution in [2.75, 3.05) is 39.4 Å². The summed E-state index contributed by atoms with van der Waals surface area (Å²) in [4.78, 5) is 33.0. The van der Waals surface area contributed by atoms with Crippen molar-refractivity contribution in [3.05, 3.63) is 30.1 Å². The van der Waals surface area contributed by atoms with Crippen molar-refractivity contribution in [3.63, 3.8) is 0 Å². The second-order valence-electron chi connectivity index (χ2n) is 7.30. The van der Waals surface area contributed by atoms with E-state index in [-0.39, 0.29) is 23.1 Å². The van der Waals surface area contributed by atoms with Crippen LogP contribution < -0.4 is 0 Å². The maximum absolute atomic E-state index is 12.5. The van der Waals surface area contributed by atoms with Gasteiger partial charge < -0.3 is 14.5 Å². The second kappa shape index (κ2) is 6.16. The Morgan fingerprint density at radius 1 is 1.17 bits per heavy atom. The number of nitrogens with zero attached hydrogens (tertiary/aromatic N) is 3. The smallest absolute Gasteiger partial charge is 0.255 e. The summed E-state index contributed by atoms with van der Waals surface area (Å²) in [5.74, 6) is 0.459. The molecular formula is C18H23N3O3. The van der Waals surface area contributed by atoms with Crippen LogP contribution in [0.15, 0.2) is 24.5 Å². The van der Waals surface area contributed by atoms with E-state index in [1.807, 2.05) is 15.9 Å². The molecule has 24 heavy (non-hydrogen) atoms. The van der Waals surface area contributed by atoms with Crippen LogP contribution in [0.2, 0.25) is 0 Å². The number of amides is 2. The van der Waals surface area contributed by atoms with E-state index in [1.165, 1.54) is 0 Å². The van der Waals surface area contributed by atoms with E-state index in [4.69, 9.17) is 4.74 Å². The van der Waals surface area contributed by atoms with E-state index in [9.17, 15) is 9.59 Å². The van der Waals surface area contributed by atoms with Crippen molar-refractivity contribution in [1.29, 1.82) is 0 Å². The van der Waals surface area contributed by atoms with Crippen molar-refractivity contribution in [1.82, 2.24) is 14.8 Å². The second-order valence-corrected chi connectivity index (χ2v) is 7.30. The van der Waals surface area contributed by atoms with Crippen molar-refractivity contribution in [2.24, 2.45) is 11.3 Å². The quantitative estimate of drug-likeness (QED) is 0.817. The van der Waals surface area contributed by atoms with E-state index in [1.54, 1.807) is 18.5 Å². The highest BCUT2D eigenvalue weighted by Crippen LogP contribution is 2.41. The number of rotatable bonds is 2. The first kappa shape index (κ1) is 15.6. The van der Waals surface area contributed by atoms with Gasteiger partial charge in [-0.15, -0.1) is 0 Å². The number of aromatic nitrogens is 1. The van der Waals surface area contributed by atoms with Gasteiger partial charge in [-0.3, -0.25) is 14.6 Å². The molecule has 2 amide bonds. The molecule has 128 valence electrons. The van der Waals surface area contributed by atoms with Gasteiger partial charge in [0.2, 0.25) is 5.91 Å². The van der Waals surface area contributed by atoms with Crippen LogP contribution in [-0.4, -0.2) is 66.0 Å². The Morgan fingerprint density at radius 3 is 2.62 bits per heavy atom. The van der Waals surface area contributed by atoms with Gasteiger partial charge in [-0.1, -0.05) is 0 Å². The summed E-state index contributed by atoms with van der Waals surface area (Å²) >= 11 is 0. The average Bonchev–Trinajstić information content (AvgIpc) is 3.06. The minimum absolute atomic E-state index is 0.0502. The van der Waals surface area contributed by atoms with Crippen molar-refractivity contribution >= 4 is 11.8 Å². The molecule has 6 nitrogen and oxygen atoms in total. The lowest BCUT2D eigenvalue weighted by Gasteiger charge is -2.49. The molecule has 0 unspecified atom stereocenters. The Kier molecular flexibility index (Phi) is 4.00. The van der Waals surface area contributed by atoms with Gasteiger partial charge in [-0.2, -0.15) is 0 Å². The molecule has 6 heteroatoms. The third kappa shape index (κ3) is 2.79. The number of pyridine rings is 1. The molecule has 3 aliphatic rings. The summed E-state index contributed by atoms with van der Waals surface area (Å²) in [7, 11) is 0. The van der Waals surface area contributed by atoms with Crippen molar-refractivity contribution in [3.8, 4) is 0 Å². The summed E-state index contributed by atoms with van der Waals surface area (Å²) < 4.78 is 5.34. The SMILES string of the molecule is O=C(c1cccnc1)N1CCC2(C1)CN(C(=O)C1CCOCC1)C2. The predicted octanol–water partition coefficient (Wildman–Crippen LogP) is 1.18. The van der Waals surface area contributed by atoms with Crippen LogP contribution in [-0.2, 0) is 9.53 Å². The lowest BCUT2D eigenvalue weighted by Crippen LogP contribution is -2.61. The summed E-state index contributed by atoms with van der Waals surface area (Å²) in [6, 6.07) is 3.60. The largest absolute Gasteiger partial charge is 0.381 e. The summed E-state index contributed by atoms with van der Waals surface area (Å²) in [6.07, 6.45) is 5.96. The van der Waals surface area contributed by atoms with Crippen LogP contribution >= 0.6 is 0 Å². The fourth-order valence-electron chi connectivity index (χ4n) is 4.16. The molecule has 0 atom stereocenters. The predicted molar refractivity (Wildman–Crippen MR) is 87.3 cm³/mol. The minimum Gasteiger partial charge on any atom is -0.381 e. The van der Waals surface area contributed by atoms with Gasteiger partial charge in [0.15, 0.2) is 0 Å². The molecule has 0 bridgehead atoms. The number of likely N-dealkylation sites (tertiary alicyclic amines) is 2. The molecule has 0 saturated carbocycles. The first-order valence-corrected chi connectivity index (χ1v) is 8.73. The molecule has 0 N–H and O–H groups in total. The first-order valence-electron chi connectivity index (χ1n) is 8.73. The molecule has 4 heterocycles. The van der Waals surface area contributed by atoms with E-state index in [2.05, 4.69) is 4.98 Å². The number of carbonyl (C=O) groups is 2. The Hall–Kier alpha value is -1.95. The number of hydrogen-bond donors (Lipinski definition) is 0. The van der Waals surface area contributed by atoms with Gasteiger partial charge in [-0.25, -0.2) is 0 Å². The molecule has 1 spiro atoms. The maximum Gasteiger partial charge on any atom is 0.255 e. The average molecular weight is 329 g/mol. The molecular weight excluding hydrogens is 306 g/mol. The Bertz CT molecular complexity index is 622. The molecule has 4 rings (SSSR count). The van der Waals surface area contributed by atoms with Crippen LogP contribution in [0.4, 0.5) is 0 Å². The third-order valence-electron chi connectivity index (χ3n) is 5.57. The molecule has 0 aromatic carbocycles. The normalized spacial score (nSPS) is 23.3. The highest BCUT2D eigenvalue weighted by atomic mass is 16.5. The fraction of sp³-hybridized carbons (Fsp3) is 0.611. The number of ether oxygens (including phenoxy) is 1. The van der Waals surface area contributed by atoms with Crippen molar-refractivity contribution < 1.29 is 14.3 Å². The highest BCUT2D eigenvalue weighted by Gasteiger charge is 2.51. The molecule has 1 aromatic heterocycles. The maximum atomic E-state index is 12.5. The third-order valence-corrected chi connectivity index (χ3v) is 5.57. The van der Waals surface area contributed by atoms with E-state index in [0.717, 1.165) is 45.4 Å². The summed E-state index contributed by atoms with van der Waals surface area (Å²) in [5, 5.41) is 0. The Balaban J connectivity index is 1.33. The molecule has 3 aliphatic heterocycles. The standard InChI is InChI=1S/C18H23N3O3/c22-16(14-3-8-24-9-4-14)21-12-18(13-21)5-7-20(11-18)17(23)15-2-1-6-19-10-15/h1-2,6,10,14H,3-5,7-9,11-13H2. The molecule has 3 saturated heterocycles. The zero-order valence-electron chi connectivity index (χ0n) is 13.8. The topological polar surface area (TPSA) is 62.7 Å². The lowest BCUT2D eigenvalue weighted by atomic mass is 9.78. The highest BCUT2D eigenvalue weighted by molar-refractivity contribution is 5.94. The molecule has 1 aromatic rings. The molecule has 3 fully saturated rings. The van der Waals surface area contributed by atoms with Crippen LogP contribution in [0.1, 0.15) is 29.6 Å². The Morgan fingerprint density at radius 2 is 1.92 bits per heavy atom. The van der Waals surface area contributed by atoms with Crippen LogP contribution in [0.25, 0.3) is 0 Å². The Labute approximate surface area is 141 Å². The van der Waals surface area contributed by atoms with Gasteiger partial charge in [0, 0.05) is 63.1 Å². The van der Waals surface area contributed by atoms with E-state index in [0.29, 0.717) is 18.8 Å². The van der Waals surface area contributed by atoms with Crippen LogP contribution in [0, 0.1) is 11.3 Å². The summed E-state index contributed by atoms with van der Waals surface area (Å²) in [5.41, 5.74) is 0.752. The van der Waals surface area contributed by atoms with Gasteiger partial charge >= 0.3 is 0 Å². The van der Waals surface area contributed by atoms with Crippen molar-refractivity contribution in [2.45, 2.75) is 19.3 Å². The summed E-state index contributed by atoms with van der Waals surface area (Å²) in [6.45, 7) is 4.50. The number of hydrogen-bond acceptors (Lipinski definition) is 4. The van der Waals surface area contributed by atoms with Gasteiger partial charge in [0.1, 0.15) is 0 Å². The molecule has 0 aliphatic carbocycles. The van der Waals surface area contributed by atoms with Crippen LogP contribution in [0.5, 0.6) is 0 Å². The molecule has 0 radical (unpaired) electrons. The monoisotopic (exact) mass is 329 g/mol. The van der Waals surface area contributed by atoms with Gasteiger partial charge in [0.05, 0.1) is 5.56 Å². The van der Waals surface area contributed by atoms with E-state index < -0.39 is 0 Å². The number of carbonyl (C=O) groups excluding carboxylic acids is 2. The zero-order valence-corrected chi connectivity index (χ0v) is 13.8. The zero-order chi connectivity index (χ0) is 16.6. The van der Waals surface area contributed by atoms with E-state index >= 15 is 0 Å². The minimum atomic E-state index is 0.0502. The first-order chi connectivity index (χ1) is 11.7. The lowest BCUT2D eigenvalue weighted by molar-refractivity contribution is -0.150.